The number of rotatable bonds is 3. The Hall–Kier alpha value is -2.08. The molecule has 1 aromatic rings. The summed E-state index contributed by atoms with van der Waals surface area (Å²) in [7, 11) is 3.89. The number of anilines is 2. The molecule has 1 aliphatic heterocycles. The number of nitrogens with one attached hydrogen (secondary N) is 3. The molecule has 6 nitrogen and oxygen atoms in total. The molecule has 1 aliphatic rings. The largest absolute Gasteiger partial charge is 0.378 e. The van der Waals surface area contributed by atoms with E-state index in [0.717, 1.165) is 11.4 Å². The second-order valence-electron chi connectivity index (χ2n) is 4.67. The Morgan fingerprint density at radius 2 is 2.21 bits per heavy atom. The van der Waals surface area contributed by atoms with Crippen LogP contribution in [0.2, 0.25) is 0 Å². The molecule has 1 unspecified atom stereocenters. The first-order chi connectivity index (χ1) is 9.06. The van der Waals surface area contributed by atoms with Gasteiger partial charge in [0.1, 0.15) is 6.04 Å². The Kier molecular flexibility index (Phi) is 4.01. The first-order valence-corrected chi connectivity index (χ1v) is 6.14. The van der Waals surface area contributed by atoms with Crippen LogP contribution < -0.4 is 20.9 Å². The third kappa shape index (κ3) is 3.45. The number of hydrogen-bond donors (Lipinski definition) is 3. The van der Waals surface area contributed by atoms with E-state index in [-0.39, 0.29) is 24.4 Å². The van der Waals surface area contributed by atoms with Gasteiger partial charge in [-0.2, -0.15) is 0 Å². The third-order valence-corrected chi connectivity index (χ3v) is 2.96. The molecule has 0 spiro atoms. The molecule has 0 bridgehead atoms. The molecule has 2 amide bonds. The molecule has 1 heterocycles. The molecule has 1 saturated heterocycles. The number of nitrogens with zero attached hydrogens (tertiary/aromatic N) is 1. The van der Waals surface area contributed by atoms with Gasteiger partial charge < -0.3 is 15.5 Å². The minimum atomic E-state index is -0.388. The highest BCUT2D eigenvalue weighted by atomic mass is 16.2. The van der Waals surface area contributed by atoms with Crippen LogP contribution in [-0.4, -0.2) is 45.0 Å². The maximum absolute atomic E-state index is 12.0. The zero-order chi connectivity index (χ0) is 13.8. The predicted molar refractivity (Wildman–Crippen MR) is 74.2 cm³/mol. The Morgan fingerprint density at radius 3 is 2.84 bits per heavy atom. The van der Waals surface area contributed by atoms with Gasteiger partial charge in [-0.3, -0.25) is 14.9 Å². The zero-order valence-corrected chi connectivity index (χ0v) is 11.1. The zero-order valence-electron chi connectivity index (χ0n) is 11.1. The van der Waals surface area contributed by atoms with Crippen LogP contribution in [0.15, 0.2) is 24.3 Å². The van der Waals surface area contributed by atoms with Gasteiger partial charge in [0, 0.05) is 32.0 Å². The fraction of sp³-hybridized carbons (Fsp3) is 0.385. The molecule has 0 radical (unpaired) electrons. The lowest BCUT2D eigenvalue weighted by molar-refractivity contribution is -0.124. The van der Waals surface area contributed by atoms with Gasteiger partial charge in [0.05, 0.1) is 6.54 Å². The van der Waals surface area contributed by atoms with E-state index in [0.29, 0.717) is 6.54 Å². The van der Waals surface area contributed by atoms with Crippen LogP contribution in [-0.2, 0) is 9.59 Å². The van der Waals surface area contributed by atoms with Gasteiger partial charge in [-0.15, -0.1) is 0 Å². The number of amides is 2. The van der Waals surface area contributed by atoms with Crippen molar-refractivity contribution in [3.05, 3.63) is 24.3 Å². The Morgan fingerprint density at radius 1 is 1.42 bits per heavy atom. The summed E-state index contributed by atoms with van der Waals surface area (Å²) < 4.78 is 0. The van der Waals surface area contributed by atoms with E-state index >= 15 is 0 Å². The lowest BCUT2D eigenvalue weighted by Crippen LogP contribution is -2.56. The molecule has 3 N–H and O–H groups in total. The molecule has 6 heteroatoms. The van der Waals surface area contributed by atoms with Crippen molar-refractivity contribution in [3.63, 3.8) is 0 Å². The van der Waals surface area contributed by atoms with Crippen LogP contribution >= 0.6 is 0 Å². The fourth-order valence-electron chi connectivity index (χ4n) is 1.84. The van der Waals surface area contributed by atoms with Crippen molar-refractivity contribution in [2.75, 3.05) is 37.4 Å². The van der Waals surface area contributed by atoms with Crippen molar-refractivity contribution in [1.82, 2.24) is 10.6 Å². The standard InChI is InChI=1S/C13H18N4O2/c1-17(2)10-5-3-4-9(6-10)16-13(19)11-7-15-12(18)8-14-11/h3-6,11,14H,7-8H2,1-2H3,(H,15,18)(H,16,19). The van der Waals surface area contributed by atoms with Crippen molar-refractivity contribution in [3.8, 4) is 0 Å². The predicted octanol–water partition coefficient (Wildman–Crippen LogP) is -0.221. The molecule has 19 heavy (non-hydrogen) atoms. The number of piperazine rings is 1. The summed E-state index contributed by atoms with van der Waals surface area (Å²) in [5.74, 6) is -0.227. The molecule has 1 fully saturated rings. The summed E-state index contributed by atoms with van der Waals surface area (Å²) in [5.41, 5.74) is 1.76. The SMILES string of the molecule is CN(C)c1cccc(NC(=O)C2CNC(=O)CN2)c1. The monoisotopic (exact) mass is 262 g/mol. The summed E-state index contributed by atoms with van der Waals surface area (Å²) in [4.78, 5) is 25.0. The smallest absolute Gasteiger partial charge is 0.243 e. The lowest BCUT2D eigenvalue weighted by Gasteiger charge is -2.23. The van der Waals surface area contributed by atoms with Crippen molar-refractivity contribution in [2.45, 2.75) is 6.04 Å². The highest BCUT2D eigenvalue weighted by Crippen LogP contribution is 2.17. The highest BCUT2D eigenvalue weighted by Gasteiger charge is 2.23. The fourth-order valence-corrected chi connectivity index (χ4v) is 1.84. The van der Waals surface area contributed by atoms with E-state index in [2.05, 4.69) is 16.0 Å². The van der Waals surface area contributed by atoms with Crippen LogP contribution in [0.25, 0.3) is 0 Å². The van der Waals surface area contributed by atoms with Crippen LogP contribution in [0.3, 0.4) is 0 Å². The molecular formula is C13H18N4O2. The number of hydrogen-bond acceptors (Lipinski definition) is 4. The van der Waals surface area contributed by atoms with Crippen molar-refractivity contribution in [1.29, 1.82) is 0 Å². The molecule has 0 aliphatic carbocycles. The van der Waals surface area contributed by atoms with E-state index in [1.54, 1.807) is 0 Å². The van der Waals surface area contributed by atoms with Gasteiger partial charge in [0.2, 0.25) is 11.8 Å². The number of benzene rings is 1. The van der Waals surface area contributed by atoms with Crippen molar-refractivity contribution < 1.29 is 9.59 Å². The van der Waals surface area contributed by atoms with Gasteiger partial charge in [-0.1, -0.05) is 6.07 Å². The first kappa shape index (κ1) is 13.4. The van der Waals surface area contributed by atoms with Gasteiger partial charge in [-0.25, -0.2) is 0 Å². The molecule has 1 atom stereocenters. The third-order valence-electron chi connectivity index (χ3n) is 2.96. The van der Waals surface area contributed by atoms with E-state index in [1.165, 1.54) is 0 Å². The Bertz CT molecular complexity index is 477. The average molecular weight is 262 g/mol. The van der Waals surface area contributed by atoms with E-state index in [4.69, 9.17) is 0 Å². The lowest BCUT2D eigenvalue weighted by atomic mass is 10.2. The van der Waals surface area contributed by atoms with E-state index in [9.17, 15) is 9.59 Å². The number of carbonyl (C=O) groups excluding carboxylic acids is 2. The van der Waals surface area contributed by atoms with E-state index in [1.807, 2.05) is 43.3 Å². The summed E-state index contributed by atoms with van der Waals surface area (Å²) in [6.07, 6.45) is 0. The van der Waals surface area contributed by atoms with Gasteiger partial charge in [0.25, 0.3) is 0 Å². The van der Waals surface area contributed by atoms with E-state index < -0.39 is 0 Å². The summed E-state index contributed by atoms with van der Waals surface area (Å²) in [6.45, 7) is 0.494. The summed E-state index contributed by atoms with van der Waals surface area (Å²) >= 11 is 0. The number of carbonyl (C=O) groups is 2. The molecule has 2 rings (SSSR count). The van der Waals surface area contributed by atoms with Crippen LogP contribution in [0.5, 0.6) is 0 Å². The van der Waals surface area contributed by atoms with Crippen molar-refractivity contribution in [2.24, 2.45) is 0 Å². The second kappa shape index (κ2) is 5.71. The van der Waals surface area contributed by atoms with Crippen LogP contribution in [0.1, 0.15) is 0 Å². The van der Waals surface area contributed by atoms with Gasteiger partial charge >= 0.3 is 0 Å². The topological polar surface area (TPSA) is 73.5 Å². The molecule has 1 aromatic carbocycles. The Labute approximate surface area is 112 Å². The minimum Gasteiger partial charge on any atom is -0.378 e. The maximum Gasteiger partial charge on any atom is 0.243 e. The molecular weight excluding hydrogens is 244 g/mol. The second-order valence-corrected chi connectivity index (χ2v) is 4.67. The van der Waals surface area contributed by atoms with Gasteiger partial charge in [-0.05, 0) is 18.2 Å². The molecule has 0 aromatic heterocycles. The van der Waals surface area contributed by atoms with Crippen LogP contribution in [0.4, 0.5) is 11.4 Å². The molecule has 102 valence electrons. The summed E-state index contributed by atoms with van der Waals surface area (Å²) in [5, 5.41) is 8.39. The normalized spacial score (nSPS) is 18.6. The minimum absolute atomic E-state index is 0.0846. The highest BCUT2D eigenvalue weighted by molar-refractivity contribution is 5.96. The molecule has 0 saturated carbocycles. The van der Waals surface area contributed by atoms with Gasteiger partial charge in [0.15, 0.2) is 0 Å². The maximum atomic E-state index is 12.0. The first-order valence-electron chi connectivity index (χ1n) is 6.14. The quantitative estimate of drug-likeness (QED) is 0.704. The van der Waals surface area contributed by atoms with Crippen molar-refractivity contribution >= 4 is 23.2 Å². The van der Waals surface area contributed by atoms with Crippen LogP contribution in [0, 0.1) is 0 Å². The average Bonchev–Trinajstić information content (AvgIpc) is 2.39. The summed E-state index contributed by atoms with van der Waals surface area (Å²) in [6, 6.07) is 7.21. The Balaban J connectivity index is 1.98.